The Morgan fingerprint density at radius 2 is 0.868 bits per heavy atom. The summed E-state index contributed by atoms with van der Waals surface area (Å²) in [5.74, 6) is -6.44. The van der Waals surface area contributed by atoms with E-state index in [4.69, 9.17) is 22.3 Å². The zero-order valence-corrected chi connectivity index (χ0v) is 42.6. The number of hydrogen-bond donors (Lipinski definition) is 13. The average molecular weight is 1050 g/mol. The quantitative estimate of drug-likeness (QED) is 0.0443. The molecule has 0 saturated carbocycles. The molecule has 3 heterocycles. The molecule has 0 unspecified atom stereocenters. The number of fused-ring (bicyclic) bond motifs is 2. The molecule has 0 aromatic heterocycles. The summed E-state index contributed by atoms with van der Waals surface area (Å²) in [6.45, 7) is -0.297. The highest BCUT2D eigenvalue weighted by Gasteiger charge is 2.45. The lowest BCUT2D eigenvalue weighted by atomic mass is 10.0. The minimum Gasteiger partial charge on any atom is -0.394 e. The Labute approximate surface area is 441 Å². The standard InChI is InChI=1S/C53H72N14O9/c54-52(55)58-26-10-20-36-45(70)65-41(32-68)48(73)64-40(31-35-18-8-3-9-19-35)50(75)67-29-13-23-43(67)51(76)66-28-12-22-42(66)49(74)62-37(21-11-27-59-53(56)57)44(69)63-39(30-34-16-6-2-7-17-34)47(72)61-38(46(71)60-36)25-24-33-14-4-1-5-15-33/h1-9,14-19,36-43,68H,10-13,20-32H2,(H,60,71)(H,61,72)(H,62,74)(H,63,69)(H,64,73)(H,65,70)(H4,54,55,58)(H4,56,57,59)/t36-,37-,38-,39-,40-,41-,42-,43+/m0/s1. The lowest BCUT2D eigenvalue weighted by molar-refractivity contribution is -0.148. The van der Waals surface area contributed by atoms with Crippen molar-refractivity contribution in [2.24, 2.45) is 11.5 Å². The molecule has 3 aromatic carbocycles. The van der Waals surface area contributed by atoms with Gasteiger partial charge >= 0.3 is 0 Å². The van der Waals surface area contributed by atoms with Gasteiger partial charge in [0.1, 0.15) is 48.3 Å². The van der Waals surface area contributed by atoms with Gasteiger partial charge in [0.2, 0.25) is 47.3 Å². The Kier molecular flexibility index (Phi) is 21.5. The normalized spacial score (nSPS) is 24.3. The number of aliphatic hydroxyl groups excluding tert-OH is 1. The van der Waals surface area contributed by atoms with Gasteiger partial charge in [-0.1, -0.05) is 91.0 Å². The van der Waals surface area contributed by atoms with Crippen molar-refractivity contribution in [3.05, 3.63) is 108 Å². The molecule has 0 bridgehead atoms. The van der Waals surface area contributed by atoms with Gasteiger partial charge in [-0.25, -0.2) is 0 Å². The number of aryl methyl sites for hydroxylation is 1. The molecule has 6 rings (SSSR count). The number of hydrogen-bond acceptors (Lipinski definition) is 11. The maximum absolute atomic E-state index is 14.7. The van der Waals surface area contributed by atoms with Gasteiger partial charge in [0, 0.05) is 39.0 Å². The van der Waals surface area contributed by atoms with Crippen LogP contribution in [0.5, 0.6) is 0 Å². The molecule has 0 aliphatic carbocycles. The Bertz CT molecular complexity index is 2500. The number of nitrogens with two attached hydrogens (primary N) is 2. The van der Waals surface area contributed by atoms with Gasteiger partial charge in [0.15, 0.2) is 11.9 Å². The van der Waals surface area contributed by atoms with Crippen LogP contribution < -0.4 is 54.0 Å². The summed E-state index contributed by atoms with van der Waals surface area (Å²) in [6.07, 6.45) is 1.96. The Hall–Kier alpha value is -8.08. The number of amides is 8. The third-order valence-electron chi connectivity index (χ3n) is 13.7. The van der Waals surface area contributed by atoms with Crippen LogP contribution in [0.4, 0.5) is 0 Å². The molecule has 8 amide bonds. The number of rotatable bonds is 16. The van der Waals surface area contributed by atoms with Crippen LogP contribution >= 0.6 is 0 Å². The molecule has 0 radical (unpaired) electrons. The third-order valence-corrected chi connectivity index (χ3v) is 13.7. The van der Waals surface area contributed by atoms with E-state index in [1.165, 1.54) is 9.80 Å². The number of carbonyl (C=O) groups is 8. The van der Waals surface area contributed by atoms with Crippen molar-refractivity contribution in [3.63, 3.8) is 0 Å². The van der Waals surface area contributed by atoms with E-state index in [2.05, 4.69) is 42.5 Å². The van der Waals surface area contributed by atoms with Crippen LogP contribution in [-0.2, 0) is 57.6 Å². The molecule has 23 nitrogen and oxygen atoms in total. The van der Waals surface area contributed by atoms with E-state index in [1.54, 1.807) is 60.7 Å². The first-order valence-corrected chi connectivity index (χ1v) is 25.9. The van der Waals surface area contributed by atoms with Gasteiger partial charge in [-0.05, 0) is 80.9 Å². The Morgan fingerprint density at radius 3 is 1.37 bits per heavy atom. The lowest BCUT2D eigenvalue weighted by Crippen LogP contribution is -2.62. The number of aliphatic hydroxyl groups is 1. The van der Waals surface area contributed by atoms with E-state index in [1.807, 2.05) is 30.3 Å². The second-order valence-corrected chi connectivity index (χ2v) is 19.3. The first kappa shape index (κ1) is 57.2. The summed E-state index contributed by atoms with van der Waals surface area (Å²) in [7, 11) is 0. The highest BCUT2D eigenvalue weighted by Crippen LogP contribution is 2.27. The van der Waals surface area contributed by atoms with E-state index in [0.717, 1.165) is 5.56 Å². The first-order chi connectivity index (χ1) is 36.6. The van der Waals surface area contributed by atoms with Crippen molar-refractivity contribution in [1.82, 2.24) is 52.3 Å². The fourth-order valence-corrected chi connectivity index (χ4v) is 9.74. The van der Waals surface area contributed by atoms with Crippen molar-refractivity contribution >= 4 is 59.2 Å². The number of carbonyl (C=O) groups excluding carboxylic acids is 8. The van der Waals surface area contributed by atoms with Crippen LogP contribution in [0.1, 0.15) is 74.5 Å². The largest absolute Gasteiger partial charge is 0.394 e. The molecule has 3 saturated heterocycles. The van der Waals surface area contributed by atoms with Crippen LogP contribution in [0.2, 0.25) is 0 Å². The minimum absolute atomic E-state index is 0.0161. The molecule has 76 heavy (non-hydrogen) atoms. The van der Waals surface area contributed by atoms with Crippen molar-refractivity contribution in [2.75, 3.05) is 32.8 Å². The van der Waals surface area contributed by atoms with E-state index in [9.17, 15) is 43.5 Å². The molecular formula is C53H72N14O9. The molecule has 0 spiro atoms. The predicted molar refractivity (Wildman–Crippen MR) is 281 cm³/mol. The minimum atomic E-state index is -1.64. The van der Waals surface area contributed by atoms with Crippen LogP contribution in [0.3, 0.4) is 0 Å². The molecule has 23 heteroatoms. The summed E-state index contributed by atoms with van der Waals surface area (Å²) in [6, 6.07) is 16.5. The highest BCUT2D eigenvalue weighted by molar-refractivity contribution is 5.99. The number of nitrogens with one attached hydrogen (secondary N) is 10. The van der Waals surface area contributed by atoms with Crippen molar-refractivity contribution in [1.29, 1.82) is 10.8 Å². The van der Waals surface area contributed by atoms with Crippen molar-refractivity contribution in [3.8, 4) is 0 Å². The second-order valence-electron chi connectivity index (χ2n) is 19.3. The maximum atomic E-state index is 14.7. The number of guanidine groups is 2. The highest BCUT2D eigenvalue weighted by atomic mass is 16.3. The van der Waals surface area contributed by atoms with E-state index < -0.39 is 102 Å². The third kappa shape index (κ3) is 16.7. The second kappa shape index (κ2) is 28.6. The van der Waals surface area contributed by atoms with Gasteiger partial charge in [0.25, 0.3) is 0 Å². The molecule has 15 N–H and O–H groups in total. The molecular weight excluding hydrogens is 977 g/mol. The van der Waals surface area contributed by atoms with Crippen molar-refractivity contribution < 1.29 is 43.5 Å². The lowest BCUT2D eigenvalue weighted by Gasteiger charge is -2.34. The average Bonchev–Trinajstić information content (AvgIpc) is 4.12. The zero-order valence-electron chi connectivity index (χ0n) is 42.6. The van der Waals surface area contributed by atoms with Crippen LogP contribution in [0.25, 0.3) is 0 Å². The van der Waals surface area contributed by atoms with Gasteiger partial charge < -0.3 is 68.9 Å². The van der Waals surface area contributed by atoms with E-state index in [-0.39, 0.29) is 102 Å². The summed E-state index contributed by atoms with van der Waals surface area (Å²) in [4.78, 5) is 119. The van der Waals surface area contributed by atoms with Crippen molar-refractivity contribution in [2.45, 2.75) is 125 Å². The SMILES string of the molecule is N=C(N)NCCC[C@@H]1NC(=O)[C@H](CCc2ccccc2)NC(=O)[C@H](Cc2ccccc2)NC(=O)[C@H](CCCNC(=N)N)NC(=O)[C@@H]2CCCN2C(=O)[C@H]2CCCN2C(=O)[C@H](Cc2ccccc2)NC(=O)[C@H](CO)NC1=O. The fourth-order valence-electron chi connectivity index (χ4n) is 9.74. The smallest absolute Gasteiger partial charge is 0.246 e. The predicted octanol–water partition coefficient (Wildman–Crippen LogP) is -1.47. The van der Waals surface area contributed by atoms with Crippen LogP contribution in [-0.4, -0.2) is 155 Å². The molecule has 3 aliphatic heterocycles. The summed E-state index contributed by atoms with van der Waals surface area (Å²) >= 11 is 0. The first-order valence-electron chi connectivity index (χ1n) is 25.9. The number of benzene rings is 3. The molecule has 3 aromatic rings. The molecule has 3 fully saturated rings. The summed E-state index contributed by atoms with van der Waals surface area (Å²) in [5.41, 5.74) is 13.2. The fraction of sp³-hybridized carbons (Fsp3) is 0.472. The Balaban J connectivity index is 1.40. The van der Waals surface area contributed by atoms with E-state index in [0.29, 0.717) is 24.0 Å². The van der Waals surface area contributed by atoms with E-state index >= 15 is 0 Å². The van der Waals surface area contributed by atoms with Gasteiger partial charge in [-0.2, -0.15) is 0 Å². The van der Waals surface area contributed by atoms with Crippen LogP contribution in [0, 0.1) is 10.8 Å². The van der Waals surface area contributed by atoms with Crippen LogP contribution in [0.15, 0.2) is 91.0 Å². The topological polar surface area (TPSA) is 359 Å². The zero-order chi connectivity index (χ0) is 54.6. The molecule has 8 atom stereocenters. The maximum Gasteiger partial charge on any atom is 0.246 e. The summed E-state index contributed by atoms with van der Waals surface area (Å²) < 4.78 is 0. The Morgan fingerprint density at radius 1 is 0.487 bits per heavy atom. The monoisotopic (exact) mass is 1050 g/mol. The molecule has 408 valence electrons. The van der Waals surface area contributed by atoms with Gasteiger partial charge in [0.05, 0.1) is 6.61 Å². The van der Waals surface area contributed by atoms with Gasteiger partial charge in [-0.3, -0.25) is 49.2 Å². The number of nitrogens with zero attached hydrogens (tertiary/aromatic N) is 2. The summed E-state index contributed by atoms with van der Waals surface area (Å²) in [5, 5.41) is 47.7. The van der Waals surface area contributed by atoms with Gasteiger partial charge in [-0.15, -0.1) is 0 Å². The molecule has 3 aliphatic rings.